The first-order valence-corrected chi connectivity index (χ1v) is 8.22. The monoisotopic (exact) mass is 362 g/mol. The lowest BCUT2D eigenvalue weighted by Gasteiger charge is -2.24. The second-order valence-electron chi connectivity index (χ2n) is 6.29. The molecule has 0 heterocycles. The molecule has 2 rings (SSSR count). The largest absolute Gasteiger partial charge is 0.497 e. The fourth-order valence-corrected chi connectivity index (χ4v) is 2.60. The first-order valence-electron chi connectivity index (χ1n) is 8.22. The summed E-state index contributed by atoms with van der Waals surface area (Å²) in [6.07, 6.45) is 0.850. The lowest BCUT2D eigenvalue weighted by Crippen LogP contribution is -2.49. The van der Waals surface area contributed by atoms with Crippen molar-refractivity contribution in [3.8, 4) is 5.75 Å². The minimum Gasteiger partial charge on any atom is -0.497 e. The Morgan fingerprint density at radius 2 is 1.76 bits per heavy atom. The number of benzene rings is 2. The van der Waals surface area contributed by atoms with Gasteiger partial charge in [-0.2, -0.15) is 0 Å². The Balaban J connectivity index is 0.00000312. The van der Waals surface area contributed by atoms with Crippen LogP contribution in [0.4, 0.5) is 0 Å². The van der Waals surface area contributed by atoms with E-state index in [1.165, 1.54) is 5.56 Å². The van der Waals surface area contributed by atoms with Crippen LogP contribution in [-0.4, -0.2) is 19.6 Å². The van der Waals surface area contributed by atoms with Crippen LogP contribution in [0.1, 0.15) is 37.3 Å². The summed E-state index contributed by atoms with van der Waals surface area (Å²) in [6, 6.07) is 17.5. The van der Waals surface area contributed by atoms with Gasteiger partial charge in [-0.1, -0.05) is 49.4 Å². The Hall–Kier alpha value is -2.04. The van der Waals surface area contributed by atoms with Gasteiger partial charge in [0.25, 0.3) is 0 Å². The number of carbonyl (C=O) groups excluding carboxylic acids is 1. The smallest absolute Gasteiger partial charge is 0.244 e. The van der Waals surface area contributed by atoms with Crippen molar-refractivity contribution in [3.63, 3.8) is 0 Å². The van der Waals surface area contributed by atoms with E-state index in [2.05, 4.69) is 24.4 Å². The highest BCUT2D eigenvalue weighted by Crippen LogP contribution is 2.22. The van der Waals surface area contributed by atoms with Crippen molar-refractivity contribution in [2.75, 3.05) is 13.7 Å². The maximum Gasteiger partial charge on any atom is 0.244 e. The molecule has 1 amide bonds. The average molecular weight is 363 g/mol. The van der Waals surface area contributed by atoms with E-state index >= 15 is 0 Å². The van der Waals surface area contributed by atoms with Crippen LogP contribution in [0, 0.1) is 0 Å². The second-order valence-corrected chi connectivity index (χ2v) is 6.29. The molecule has 2 atom stereocenters. The molecule has 0 aromatic heterocycles. The fraction of sp³-hybridized carbons (Fsp3) is 0.350. The first kappa shape index (κ1) is 21.0. The van der Waals surface area contributed by atoms with E-state index in [4.69, 9.17) is 10.5 Å². The maximum absolute atomic E-state index is 12.4. The molecule has 0 radical (unpaired) electrons. The molecule has 4 nitrogen and oxygen atoms in total. The molecule has 25 heavy (non-hydrogen) atoms. The Labute approximate surface area is 156 Å². The minimum atomic E-state index is -1.02. The third kappa shape index (κ3) is 5.48. The second kappa shape index (κ2) is 9.44. The number of hydrogen-bond donors (Lipinski definition) is 2. The highest BCUT2D eigenvalue weighted by molar-refractivity contribution is 5.87. The molecule has 136 valence electrons. The van der Waals surface area contributed by atoms with E-state index in [-0.39, 0.29) is 18.3 Å². The fourth-order valence-electron chi connectivity index (χ4n) is 2.60. The van der Waals surface area contributed by atoms with Gasteiger partial charge in [0.1, 0.15) is 11.3 Å². The molecule has 2 aromatic carbocycles. The topological polar surface area (TPSA) is 64.3 Å². The summed E-state index contributed by atoms with van der Waals surface area (Å²) >= 11 is 0. The molecule has 2 unspecified atom stereocenters. The molecular weight excluding hydrogens is 336 g/mol. The van der Waals surface area contributed by atoms with Gasteiger partial charge in [0.2, 0.25) is 5.91 Å². The van der Waals surface area contributed by atoms with Gasteiger partial charge in [-0.25, -0.2) is 0 Å². The summed E-state index contributed by atoms with van der Waals surface area (Å²) in [5.74, 6) is 1.04. The predicted octanol–water partition coefficient (Wildman–Crippen LogP) is 3.60. The van der Waals surface area contributed by atoms with E-state index in [0.29, 0.717) is 12.5 Å². The van der Waals surface area contributed by atoms with Crippen LogP contribution in [0.2, 0.25) is 0 Å². The summed E-state index contributed by atoms with van der Waals surface area (Å²) in [7, 11) is 1.66. The van der Waals surface area contributed by atoms with Gasteiger partial charge >= 0.3 is 0 Å². The third-order valence-corrected chi connectivity index (χ3v) is 4.39. The van der Waals surface area contributed by atoms with Crippen molar-refractivity contribution in [2.45, 2.75) is 31.7 Å². The van der Waals surface area contributed by atoms with Gasteiger partial charge in [-0.15, -0.1) is 12.4 Å². The minimum absolute atomic E-state index is 0. The molecule has 0 spiro atoms. The number of nitrogens with one attached hydrogen (secondary N) is 1. The van der Waals surface area contributed by atoms with Crippen LogP contribution in [-0.2, 0) is 10.3 Å². The molecule has 5 heteroatoms. The van der Waals surface area contributed by atoms with E-state index < -0.39 is 5.54 Å². The molecule has 0 fully saturated rings. The van der Waals surface area contributed by atoms with Crippen LogP contribution in [0.25, 0.3) is 0 Å². The van der Waals surface area contributed by atoms with Gasteiger partial charge in [-0.3, -0.25) is 4.79 Å². The van der Waals surface area contributed by atoms with Crippen molar-refractivity contribution in [1.29, 1.82) is 0 Å². The van der Waals surface area contributed by atoms with E-state index in [1.807, 2.05) is 42.5 Å². The highest BCUT2D eigenvalue weighted by Gasteiger charge is 2.29. The van der Waals surface area contributed by atoms with Gasteiger partial charge in [0.05, 0.1) is 7.11 Å². The van der Waals surface area contributed by atoms with Crippen molar-refractivity contribution in [2.24, 2.45) is 5.73 Å². The zero-order chi connectivity index (χ0) is 17.6. The lowest BCUT2D eigenvalue weighted by molar-refractivity contribution is -0.126. The summed E-state index contributed by atoms with van der Waals surface area (Å²) in [6.45, 7) is 4.48. The standard InChI is InChI=1S/C20H26N2O2.ClH/c1-15(16-9-11-18(24-3)12-10-16)13-14-22-19(23)20(2,21)17-7-5-4-6-8-17;/h4-12,15H,13-14,21H2,1-3H3,(H,22,23);1H. The number of nitrogens with two attached hydrogens (primary N) is 1. The quantitative estimate of drug-likeness (QED) is 0.790. The number of rotatable bonds is 7. The van der Waals surface area contributed by atoms with Crippen LogP contribution >= 0.6 is 12.4 Å². The third-order valence-electron chi connectivity index (χ3n) is 4.39. The average Bonchev–Trinajstić information content (AvgIpc) is 2.62. The zero-order valence-corrected chi connectivity index (χ0v) is 15.8. The van der Waals surface area contributed by atoms with Gasteiger partial charge in [-0.05, 0) is 42.5 Å². The van der Waals surface area contributed by atoms with Crippen molar-refractivity contribution in [3.05, 3.63) is 65.7 Å². The molecule has 0 saturated heterocycles. The Morgan fingerprint density at radius 1 is 1.16 bits per heavy atom. The predicted molar refractivity (Wildman–Crippen MR) is 104 cm³/mol. The molecule has 0 aliphatic rings. The number of hydrogen-bond acceptors (Lipinski definition) is 3. The summed E-state index contributed by atoms with van der Waals surface area (Å²) in [5, 5.41) is 2.96. The van der Waals surface area contributed by atoms with Crippen molar-refractivity contribution >= 4 is 18.3 Å². The van der Waals surface area contributed by atoms with Crippen LogP contribution in [0.15, 0.2) is 54.6 Å². The number of halogens is 1. The Morgan fingerprint density at radius 3 is 2.32 bits per heavy atom. The molecule has 0 saturated carbocycles. The molecule has 0 bridgehead atoms. The highest BCUT2D eigenvalue weighted by atomic mass is 35.5. The van der Waals surface area contributed by atoms with E-state index in [0.717, 1.165) is 17.7 Å². The van der Waals surface area contributed by atoms with Crippen molar-refractivity contribution in [1.82, 2.24) is 5.32 Å². The Kier molecular flexibility index (Phi) is 7.94. The van der Waals surface area contributed by atoms with Gasteiger partial charge in [0, 0.05) is 6.54 Å². The molecular formula is C20H27ClN2O2. The molecule has 3 N–H and O–H groups in total. The zero-order valence-electron chi connectivity index (χ0n) is 15.0. The first-order chi connectivity index (χ1) is 11.4. The normalized spacial score (nSPS) is 13.9. The molecule has 0 aliphatic carbocycles. The summed E-state index contributed by atoms with van der Waals surface area (Å²) in [4.78, 5) is 12.4. The summed E-state index contributed by atoms with van der Waals surface area (Å²) in [5.41, 5.74) is 7.23. The van der Waals surface area contributed by atoms with Gasteiger partial charge in [0.15, 0.2) is 0 Å². The SMILES string of the molecule is COc1ccc(C(C)CCNC(=O)C(C)(N)c2ccccc2)cc1.Cl. The van der Waals surface area contributed by atoms with Crippen LogP contribution < -0.4 is 15.8 Å². The van der Waals surface area contributed by atoms with Crippen LogP contribution in [0.5, 0.6) is 5.75 Å². The number of amides is 1. The molecule has 2 aromatic rings. The van der Waals surface area contributed by atoms with Gasteiger partial charge < -0.3 is 15.8 Å². The maximum atomic E-state index is 12.4. The number of ether oxygens (including phenoxy) is 1. The molecule has 0 aliphatic heterocycles. The lowest BCUT2D eigenvalue weighted by atomic mass is 9.92. The van der Waals surface area contributed by atoms with E-state index in [1.54, 1.807) is 14.0 Å². The van der Waals surface area contributed by atoms with E-state index in [9.17, 15) is 4.79 Å². The number of carbonyl (C=O) groups is 1. The van der Waals surface area contributed by atoms with Crippen LogP contribution in [0.3, 0.4) is 0 Å². The summed E-state index contributed by atoms with van der Waals surface area (Å²) < 4.78 is 5.17. The number of methoxy groups -OCH3 is 1. The Bertz CT molecular complexity index is 657. The van der Waals surface area contributed by atoms with Crippen molar-refractivity contribution < 1.29 is 9.53 Å².